The number of hydrogen-bond acceptors (Lipinski definition) is 3. The number of nitrogens with zero attached hydrogens (tertiary/aromatic N) is 1. The van der Waals surface area contributed by atoms with Crippen LogP contribution in [-0.4, -0.2) is 17.7 Å². The zero-order chi connectivity index (χ0) is 19.0. The molecule has 27 heavy (non-hydrogen) atoms. The van der Waals surface area contributed by atoms with Crippen LogP contribution in [0.5, 0.6) is 0 Å². The van der Waals surface area contributed by atoms with Crippen molar-refractivity contribution in [3.8, 4) is 0 Å². The van der Waals surface area contributed by atoms with Gasteiger partial charge in [-0.25, -0.2) is 0 Å². The Kier molecular flexibility index (Phi) is 4.54. The molecule has 0 spiro atoms. The van der Waals surface area contributed by atoms with Gasteiger partial charge < -0.3 is 5.32 Å². The summed E-state index contributed by atoms with van der Waals surface area (Å²) in [5, 5.41) is 3.29. The molecule has 1 aliphatic carbocycles. The third-order valence-electron chi connectivity index (χ3n) is 4.96. The largest absolute Gasteiger partial charge is 0.322 e. The molecule has 4 rings (SSSR count). The van der Waals surface area contributed by atoms with E-state index in [-0.39, 0.29) is 29.6 Å². The standard InChI is InChI=1S/C21H17ClN2O3/c22-14-6-4-7-15(12-14)23-19(25)13-5-3-8-16(11-13)24-20(26)17-9-1-2-10-18(17)21(24)27/h1-8,11-12,17-18H,9-10H2,(H,23,25)/t17-,18-/m0/s1. The second kappa shape index (κ2) is 7.00. The molecule has 0 saturated carbocycles. The summed E-state index contributed by atoms with van der Waals surface area (Å²) >= 11 is 5.94. The third-order valence-corrected chi connectivity index (χ3v) is 5.19. The van der Waals surface area contributed by atoms with Crippen LogP contribution in [0.3, 0.4) is 0 Å². The molecule has 0 unspecified atom stereocenters. The van der Waals surface area contributed by atoms with E-state index in [2.05, 4.69) is 5.32 Å². The summed E-state index contributed by atoms with van der Waals surface area (Å²) in [6.45, 7) is 0. The van der Waals surface area contributed by atoms with Crippen LogP contribution in [0.25, 0.3) is 0 Å². The van der Waals surface area contributed by atoms with E-state index in [1.807, 2.05) is 12.2 Å². The lowest BCUT2D eigenvalue weighted by molar-refractivity contribution is -0.122. The highest BCUT2D eigenvalue weighted by Crippen LogP contribution is 2.37. The number of hydrogen-bond donors (Lipinski definition) is 1. The number of nitrogens with one attached hydrogen (secondary N) is 1. The van der Waals surface area contributed by atoms with E-state index in [0.717, 1.165) is 0 Å². The molecule has 0 radical (unpaired) electrons. The summed E-state index contributed by atoms with van der Waals surface area (Å²) in [6, 6.07) is 13.4. The monoisotopic (exact) mass is 380 g/mol. The molecule has 0 bridgehead atoms. The molecular weight excluding hydrogens is 364 g/mol. The Morgan fingerprint density at radius 1 is 0.963 bits per heavy atom. The van der Waals surface area contributed by atoms with Crippen LogP contribution in [0.15, 0.2) is 60.7 Å². The molecule has 6 heteroatoms. The Hall–Kier alpha value is -2.92. The first kappa shape index (κ1) is 17.5. The first-order chi connectivity index (χ1) is 13.0. The highest BCUT2D eigenvalue weighted by Gasteiger charge is 2.47. The molecule has 1 heterocycles. The van der Waals surface area contributed by atoms with Gasteiger partial charge in [-0.2, -0.15) is 0 Å². The van der Waals surface area contributed by atoms with Crippen LogP contribution < -0.4 is 10.2 Å². The number of halogens is 1. The normalized spacial score (nSPS) is 21.3. The van der Waals surface area contributed by atoms with Crippen LogP contribution >= 0.6 is 11.6 Å². The van der Waals surface area contributed by atoms with E-state index in [1.54, 1.807) is 48.5 Å². The van der Waals surface area contributed by atoms with Gasteiger partial charge >= 0.3 is 0 Å². The van der Waals surface area contributed by atoms with Crippen molar-refractivity contribution >= 4 is 40.7 Å². The molecule has 1 saturated heterocycles. The van der Waals surface area contributed by atoms with Crippen LogP contribution in [0.4, 0.5) is 11.4 Å². The van der Waals surface area contributed by atoms with Crippen LogP contribution in [0, 0.1) is 11.8 Å². The zero-order valence-electron chi connectivity index (χ0n) is 14.4. The average Bonchev–Trinajstić information content (AvgIpc) is 2.93. The SMILES string of the molecule is O=C(Nc1cccc(Cl)c1)c1cccc(N2C(=O)[C@H]3CC=CC[C@@H]3C2=O)c1. The second-order valence-electron chi connectivity index (χ2n) is 6.68. The van der Waals surface area contributed by atoms with Crippen molar-refractivity contribution in [2.45, 2.75) is 12.8 Å². The van der Waals surface area contributed by atoms with Crippen molar-refractivity contribution in [2.24, 2.45) is 11.8 Å². The topological polar surface area (TPSA) is 66.5 Å². The Balaban J connectivity index is 1.58. The van der Waals surface area contributed by atoms with Gasteiger partial charge in [0.1, 0.15) is 0 Å². The maximum Gasteiger partial charge on any atom is 0.255 e. The Labute approximate surface area is 161 Å². The summed E-state index contributed by atoms with van der Waals surface area (Å²) in [5.74, 6) is -1.32. The average molecular weight is 381 g/mol. The summed E-state index contributed by atoms with van der Waals surface area (Å²) in [5.41, 5.74) is 1.36. The number of carbonyl (C=O) groups excluding carboxylic acids is 3. The number of carbonyl (C=O) groups is 3. The highest BCUT2D eigenvalue weighted by atomic mass is 35.5. The minimum absolute atomic E-state index is 0.193. The molecule has 3 amide bonds. The predicted molar refractivity (Wildman–Crippen MR) is 104 cm³/mol. The third kappa shape index (κ3) is 3.26. The summed E-state index contributed by atoms with van der Waals surface area (Å²) in [6.07, 6.45) is 5.07. The Bertz CT molecular complexity index is 943. The Morgan fingerprint density at radius 2 is 1.63 bits per heavy atom. The lowest BCUT2D eigenvalue weighted by atomic mass is 9.85. The number of benzene rings is 2. The number of amides is 3. The number of rotatable bonds is 3. The minimum atomic E-state index is -0.336. The predicted octanol–water partition coefficient (Wildman–Crippen LogP) is 4.05. The van der Waals surface area contributed by atoms with E-state index in [9.17, 15) is 14.4 Å². The number of imide groups is 1. The quantitative estimate of drug-likeness (QED) is 0.645. The first-order valence-corrected chi connectivity index (χ1v) is 9.12. The maximum atomic E-state index is 12.7. The summed E-state index contributed by atoms with van der Waals surface area (Å²) < 4.78 is 0. The van der Waals surface area contributed by atoms with E-state index in [0.29, 0.717) is 34.8 Å². The van der Waals surface area contributed by atoms with Crippen LogP contribution in [0.2, 0.25) is 5.02 Å². The summed E-state index contributed by atoms with van der Waals surface area (Å²) in [7, 11) is 0. The molecule has 1 fully saturated rings. The molecule has 2 aromatic rings. The van der Waals surface area contributed by atoms with Crippen molar-refractivity contribution in [1.29, 1.82) is 0 Å². The van der Waals surface area contributed by atoms with Gasteiger partial charge in [-0.05, 0) is 49.2 Å². The lowest BCUT2D eigenvalue weighted by Gasteiger charge is -2.16. The number of allylic oxidation sites excluding steroid dienone is 2. The smallest absolute Gasteiger partial charge is 0.255 e. The first-order valence-electron chi connectivity index (χ1n) is 8.74. The molecule has 136 valence electrons. The van der Waals surface area contributed by atoms with Crippen LogP contribution in [-0.2, 0) is 9.59 Å². The van der Waals surface area contributed by atoms with Gasteiger partial charge in [-0.15, -0.1) is 0 Å². The van der Waals surface area contributed by atoms with Gasteiger partial charge in [0, 0.05) is 16.3 Å². The maximum absolute atomic E-state index is 12.7. The van der Waals surface area contributed by atoms with Gasteiger partial charge in [0.25, 0.3) is 5.91 Å². The van der Waals surface area contributed by atoms with E-state index in [1.165, 1.54) is 4.90 Å². The zero-order valence-corrected chi connectivity index (χ0v) is 15.1. The van der Waals surface area contributed by atoms with Gasteiger partial charge in [0.05, 0.1) is 17.5 Å². The fourth-order valence-electron chi connectivity index (χ4n) is 3.61. The molecule has 1 aliphatic heterocycles. The van der Waals surface area contributed by atoms with Gasteiger partial charge in [-0.1, -0.05) is 35.9 Å². The van der Waals surface area contributed by atoms with Crippen molar-refractivity contribution in [3.63, 3.8) is 0 Å². The molecule has 2 atom stereocenters. The molecule has 2 aromatic carbocycles. The van der Waals surface area contributed by atoms with Crippen molar-refractivity contribution < 1.29 is 14.4 Å². The van der Waals surface area contributed by atoms with E-state index in [4.69, 9.17) is 11.6 Å². The van der Waals surface area contributed by atoms with Gasteiger partial charge in [-0.3, -0.25) is 19.3 Å². The highest BCUT2D eigenvalue weighted by molar-refractivity contribution is 6.31. The Morgan fingerprint density at radius 3 is 2.30 bits per heavy atom. The van der Waals surface area contributed by atoms with Gasteiger partial charge in [0.2, 0.25) is 11.8 Å². The molecule has 0 aromatic heterocycles. The van der Waals surface area contributed by atoms with E-state index >= 15 is 0 Å². The number of anilines is 2. The molecule has 2 aliphatic rings. The summed E-state index contributed by atoms with van der Waals surface area (Å²) in [4.78, 5) is 39.2. The minimum Gasteiger partial charge on any atom is -0.322 e. The number of fused-ring (bicyclic) bond motifs is 1. The molecule has 5 nitrogen and oxygen atoms in total. The lowest BCUT2D eigenvalue weighted by Crippen LogP contribution is -2.31. The van der Waals surface area contributed by atoms with E-state index < -0.39 is 0 Å². The second-order valence-corrected chi connectivity index (χ2v) is 7.12. The van der Waals surface area contributed by atoms with Gasteiger partial charge in [0.15, 0.2) is 0 Å². The fourth-order valence-corrected chi connectivity index (χ4v) is 3.80. The van der Waals surface area contributed by atoms with Crippen molar-refractivity contribution in [3.05, 3.63) is 71.3 Å². The fraction of sp³-hybridized carbons (Fsp3) is 0.190. The molecule has 1 N–H and O–H groups in total. The van der Waals surface area contributed by atoms with Crippen LogP contribution in [0.1, 0.15) is 23.2 Å². The molecular formula is C21H17ClN2O3. The van der Waals surface area contributed by atoms with Crippen molar-refractivity contribution in [2.75, 3.05) is 10.2 Å². The van der Waals surface area contributed by atoms with Crippen molar-refractivity contribution in [1.82, 2.24) is 0 Å².